The van der Waals surface area contributed by atoms with E-state index < -0.39 is 16.1 Å². The molecule has 0 unspecified atom stereocenters. The van der Waals surface area contributed by atoms with Crippen molar-refractivity contribution in [2.75, 3.05) is 14.2 Å². The number of sulfonamides is 1. The van der Waals surface area contributed by atoms with E-state index in [9.17, 15) is 18.0 Å². The van der Waals surface area contributed by atoms with Gasteiger partial charge >= 0.3 is 0 Å². The number of benzene rings is 3. The van der Waals surface area contributed by atoms with Crippen LogP contribution in [0.25, 0.3) is 0 Å². The highest BCUT2D eigenvalue weighted by Gasteiger charge is 2.28. The third-order valence-corrected chi connectivity index (χ3v) is 8.60. The summed E-state index contributed by atoms with van der Waals surface area (Å²) in [5.74, 6) is 0.992. The molecular weight excluding hydrogens is 542 g/mol. The first-order valence-electron chi connectivity index (χ1n) is 13.6. The zero-order chi connectivity index (χ0) is 29.4. The summed E-state index contributed by atoms with van der Waals surface area (Å²) in [6.07, 6.45) is 2.31. The molecule has 1 aliphatic carbocycles. The van der Waals surface area contributed by atoms with Crippen LogP contribution < -0.4 is 19.5 Å². The number of rotatable bonds is 14. The predicted octanol–water partition coefficient (Wildman–Crippen LogP) is 3.81. The van der Waals surface area contributed by atoms with Crippen LogP contribution in [0.4, 0.5) is 0 Å². The highest BCUT2D eigenvalue weighted by Crippen LogP contribution is 2.23. The van der Waals surface area contributed by atoms with Crippen molar-refractivity contribution in [2.24, 2.45) is 0 Å². The van der Waals surface area contributed by atoms with Crippen molar-refractivity contribution in [3.8, 4) is 11.5 Å². The molecule has 0 radical (unpaired) electrons. The van der Waals surface area contributed by atoms with Gasteiger partial charge in [0.05, 0.1) is 19.1 Å². The summed E-state index contributed by atoms with van der Waals surface area (Å²) in [6.45, 7) is 2.30. The lowest BCUT2D eigenvalue weighted by molar-refractivity contribution is -0.140. The molecule has 2 amide bonds. The topological polar surface area (TPSA) is 114 Å². The molecule has 0 aromatic heterocycles. The molecule has 9 nitrogen and oxygen atoms in total. The highest BCUT2D eigenvalue weighted by atomic mass is 32.2. The number of ether oxygens (including phenoxy) is 2. The van der Waals surface area contributed by atoms with E-state index in [1.165, 1.54) is 0 Å². The summed E-state index contributed by atoms with van der Waals surface area (Å²) in [4.78, 5) is 28.4. The van der Waals surface area contributed by atoms with Gasteiger partial charge in [0, 0.05) is 25.6 Å². The number of methoxy groups -OCH3 is 2. The maximum absolute atomic E-state index is 13.5. The van der Waals surface area contributed by atoms with Gasteiger partial charge in [0.15, 0.2) is 0 Å². The SMILES string of the molecule is COc1ccc(CNC(=O)[C@H](C)N(Cc2ccc(OC)cc2)C(=O)CCc2ccc(S(=O)(=O)NC3CC3)cc2)cc1. The molecule has 10 heteroatoms. The van der Waals surface area contributed by atoms with Crippen LogP contribution in [0.2, 0.25) is 0 Å². The highest BCUT2D eigenvalue weighted by molar-refractivity contribution is 7.89. The third kappa shape index (κ3) is 8.55. The fourth-order valence-electron chi connectivity index (χ4n) is 4.31. The molecule has 2 N–H and O–H groups in total. The van der Waals surface area contributed by atoms with Crippen molar-refractivity contribution < 1.29 is 27.5 Å². The summed E-state index contributed by atoms with van der Waals surface area (Å²) in [5.41, 5.74) is 2.62. The lowest BCUT2D eigenvalue weighted by Gasteiger charge is -2.29. The van der Waals surface area contributed by atoms with Gasteiger partial charge in [-0.05, 0) is 79.3 Å². The summed E-state index contributed by atoms with van der Waals surface area (Å²) in [6, 6.07) is 20.7. The normalized spacial score (nSPS) is 13.7. The lowest BCUT2D eigenvalue weighted by atomic mass is 10.1. The van der Waals surface area contributed by atoms with E-state index in [-0.39, 0.29) is 35.7 Å². The molecule has 3 aromatic carbocycles. The summed E-state index contributed by atoms with van der Waals surface area (Å²) in [5, 5.41) is 2.93. The predicted molar refractivity (Wildman–Crippen MR) is 156 cm³/mol. The zero-order valence-electron chi connectivity index (χ0n) is 23.6. The number of amides is 2. The van der Waals surface area contributed by atoms with Gasteiger partial charge in [-0.3, -0.25) is 9.59 Å². The van der Waals surface area contributed by atoms with Crippen LogP contribution >= 0.6 is 0 Å². The Hall–Kier alpha value is -3.89. The summed E-state index contributed by atoms with van der Waals surface area (Å²) >= 11 is 0. The van der Waals surface area contributed by atoms with E-state index in [0.29, 0.717) is 18.7 Å². The molecule has 0 bridgehead atoms. The fourth-order valence-corrected chi connectivity index (χ4v) is 5.61. The quantitative estimate of drug-likeness (QED) is 0.300. The Kier molecular flexibility index (Phi) is 10.0. The van der Waals surface area contributed by atoms with Crippen LogP contribution in [0.15, 0.2) is 77.7 Å². The van der Waals surface area contributed by atoms with Gasteiger partial charge in [-0.1, -0.05) is 36.4 Å². The molecule has 1 atom stereocenters. The minimum Gasteiger partial charge on any atom is -0.497 e. The Morgan fingerprint density at radius 3 is 1.93 bits per heavy atom. The number of hydrogen-bond donors (Lipinski definition) is 2. The van der Waals surface area contributed by atoms with Gasteiger partial charge in [-0.25, -0.2) is 13.1 Å². The molecule has 0 saturated heterocycles. The first-order valence-corrected chi connectivity index (χ1v) is 15.1. The monoisotopic (exact) mass is 579 g/mol. The Morgan fingerprint density at radius 2 is 1.39 bits per heavy atom. The van der Waals surface area contributed by atoms with E-state index in [0.717, 1.165) is 35.3 Å². The molecule has 41 heavy (non-hydrogen) atoms. The van der Waals surface area contributed by atoms with Gasteiger partial charge in [0.1, 0.15) is 17.5 Å². The molecule has 1 aliphatic rings. The van der Waals surface area contributed by atoms with Crippen LogP contribution in [0.1, 0.15) is 42.9 Å². The number of carbonyl (C=O) groups excluding carboxylic acids is 2. The summed E-state index contributed by atoms with van der Waals surface area (Å²) < 4.78 is 38.0. The van der Waals surface area contributed by atoms with E-state index in [4.69, 9.17) is 9.47 Å². The van der Waals surface area contributed by atoms with Gasteiger partial charge in [0.25, 0.3) is 0 Å². The molecule has 1 saturated carbocycles. The van der Waals surface area contributed by atoms with Crippen LogP contribution in [0, 0.1) is 0 Å². The maximum atomic E-state index is 13.5. The minimum atomic E-state index is -3.53. The van der Waals surface area contributed by atoms with E-state index in [1.807, 2.05) is 48.5 Å². The Morgan fingerprint density at radius 1 is 0.854 bits per heavy atom. The van der Waals surface area contributed by atoms with Crippen LogP contribution in [0.3, 0.4) is 0 Å². The largest absolute Gasteiger partial charge is 0.497 e. The minimum absolute atomic E-state index is 0.0318. The molecule has 0 spiro atoms. The van der Waals surface area contributed by atoms with E-state index in [2.05, 4.69) is 10.0 Å². The number of hydrogen-bond acceptors (Lipinski definition) is 6. The Bertz CT molecular complexity index is 1420. The van der Waals surface area contributed by atoms with Crippen LogP contribution in [0.5, 0.6) is 11.5 Å². The molecule has 1 fully saturated rings. The van der Waals surface area contributed by atoms with Crippen molar-refractivity contribution in [1.29, 1.82) is 0 Å². The fraction of sp³-hybridized carbons (Fsp3) is 0.355. The van der Waals surface area contributed by atoms with Gasteiger partial charge in [-0.15, -0.1) is 0 Å². The van der Waals surface area contributed by atoms with E-state index >= 15 is 0 Å². The number of nitrogens with zero attached hydrogens (tertiary/aromatic N) is 1. The average Bonchev–Trinajstić information content (AvgIpc) is 3.81. The van der Waals surface area contributed by atoms with Crippen molar-refractivity contribution in [2.45, 2.75) is 62.7 Å². The first kappa shape index (κ1) is 30.1. The van der Waals surface area contributed by atoms with Crippen LogP contribution in [-0.4, -0.2) is 51.4 Å². The smallest absolute Gasteiger partial charge is 0.242 e. The van der Waals surface area contributed by atoms with Crippen molar-refractivity contribution in [3.63, 3.8) is 0 Å². The zero-order valence-corrected chi connectivity index (χ0v) is 24.4. The van der Waals surface area contributed by atoms with Gasteiger partial charge in [0.2, 0.25) is 21.8 Å². The second kappa shape index (κ2) is 13.6. The third-order valence-electron chi connectivity index (χ3n) is 7.07. The second-order valence-electron chi connectivity index (χ2n) is 10.2. The molecule has 3 aromatic rings. The van der Waals surface area contributed by atoms with Crippen molar-refractivity contribution in [1.82, 2.24) is 14.9 Å². The molecule has 218 valence electrons. The average molecular weight is 580 g/mol. The second-order valence-corrected chi connectivity index (χ2v) is 11.9. The lowest BCUT2D eigenvalue weighted by Crippen LogP contribution is -2.47. The number of aryl methyl sites for hydroxylation is 1. The van der Waals surface area contributed by atoms with Crippen molar-refractivity contribution in [3.05, 3.63) is 89.5 Å². The number of carbonyl (C=O) groups is 2. The maximum Gasteiger partial charge on any atom is 0.242 e. The van der Waals surface area contributed by atoms with Gasteiger partial charge < -0.3 is 19.7 Å². The summed E-state index contributed by atoms with van der Waals surface area (Å²) in [7, 11) is -0.347. The Labute approximate surface area is 241 Å². The molecule has 4 rings (SSSR count). The van der Waals surface area contributed by atoms with Crippen molar-refractivity contribution >= 4 is 21.8 Å². The standard InChI is InChI=1S/C31H37N3O6S/c1-22(31(36)32-20-24-4-13-27(39-2)14-5-24)34(21-25-6-15-28(40-3)16-7-25)30(35)19-10-23-8-17-29(18-9-23)41(37,38)33-26-11-12-26/h4-9,13-18,22,26,33H,10-12,19-21H2,1-3H3,(H,32,36)/t22-/m0/s1. The Balaban J connectivity index is 1.41. The molecular formula is C31H37N3O6S. The van der Waals surface area contributed by atoms with Gasteiger partial charge in [-0.2, -0.15) is 0 Å². The molecule has 0 heterocycles. The van der Waals surface area contributed by atoms with Crippen LogP contribution in [-0.2, 0) is 39.1 Å². The van der Waals surface area contributed by atoms with E-state index in [1.54, 1.807) is 50.3 Å². The number of nitrogens with one attached hydrogen (secondary N) is 2. The molecule has 0 aliphatic heterocycles. The first-order chi connectivity index (χ1) is 19.7.